The molecule has 0 saturated carbocycles. The van der Waals surface area contributed by atoms with Gasteiger partial charge in [0.1, 0.15) is 0 Å². The van der Waals surface area contributed by atoms with Gasteiger partial charge >= 0.3 is 0 Å². The van der Waals surface area contributed by atoms with Crippen LogP contribution in [-0.4, -0.2) is 12.4 Å². The Kier molecular flexibility index (Phi) is 2.61. The van der Waals surface area contributed by atoms with Gasteiger partial charge in [-0.15, -0.1) is 18.4 Å². The molecule has 0 aromatic rings. The monoisotopic (exact) mass is 115 g/mol. The maximum Gasteiger partial charge on any atom is 0.230 e. The second-order valence-corrected chi connectivity index (χ2v) is 1.14. The second-order valence-electron chi connectivity index (χ2n) is 1.14. The number of aliphatic hydroxyl groups is 1. The highest BCUT2D eigenvalue weighted by atomic mass is 35.5. The van der Waals surface area contributed by atoms with Gasteiger partial charge in [0.15, 0.2) is 0 Å². The molecule has 0 aromatic carbocycles. The standard InChI is InChI=1S/C4H4BO.ClH/c6-4-2-1-3-5-4;/h1-3,6H;1H. The Hall–Kier alpha value is -0.365. The van der Waals surface area contributed by atoms with E-state index in [4.69, 9.17) is 5.11 Å². The van der Waals surface area contributed by atoms with E-state index < -0.39 is 0 Å². The summed E-state index contributed by atoms with van der Waals surface area (Å²) in [5, 5.41) is 8.47. The Labute approximate surface area is 49.4 Å². The molecule has 1 aliphatic rings. The average Bonchev–Trinajstić information content (AvgIpc) is 1.86. The molecule has 0 aliphatic carbocycles. The molecule has 37 valence electrons. The molecule has 1 radical (unpaired) electrons. The molecule has 0 saturated heterocycles. The van der Waals surface area contributed by atoms with E-state index in [9.17, 15) is 0 Å². The lowest BCUT2D eigenvalue weighted by Gasteiger charge is -1.77. The van der Waals surface area contributed by atoms with Crippen molar-refractivity contribution in [2.24, 2.45) is 0 Å². The molecule has 1 aliphatic heterocycles. The summed E-state index contributed by atoms with van der Waals surface area (Å²) in [6.07, 6.45) is 3.43. The van der Waals surface area contributed by atoms with Crippen molar-refractivity contribution in [2.45, 2.75) is 0 Å². The molecule has 1 N–H and O–H groups in total. The highest BCUT2D eigenvalue weighted by Crippen LogP contribution is 1.93. The van der Waals surface area contributed by atoms with Gasteiger partial charge in [0, 0.05) is 5.66 Å². The van der Waals surface area contributed by atoms with Gasteiger partial charge in [0.25, 0.3) is 0 Å². The Morgan fingerprint density at radius 3 is 2.43 bits per heavy atom. The summed E-state index contributed by atoms with van der Waals surface area (Å²) in [6.45, 7) is 0. The van der Waals surface area contributed by atoms with Gasteiger partial charge in [0.05, 0.1) is 0 Å². The zero-order chi connectivity index (χ0) is 4.41. The van der Waals surface area contributed by atoms with Gasteiger partial charge in [-0.2, -0.15) is 0 Å². The molecular weight excluding hydrogens is 110 g/mol. The Balaban J connectivity index is 0.000000360. The van der Waals surface area contributed by atoms with Gasteiger partial charge in [-0.3, -0.25) is 0 Å². The highest BCUT2D eigenvalue weighted by molar-refractivity contribution is 6.51. The van der Waals surface area contributed by atoms with Gasteiger partial charge < -0.3 is 5.11 Å². The minimum absolute atomic E-state index is 0. The predicted octanol–water partition coefficient (Wildman–Crippen LogP) is 1.04. The van der Waals surface area contributed by atoms with Crippen LogP contribution in [0.2, 0.25) is 0 Å². The fourth-order valence-corrected chi connectivity index (χ4v) is 0.364. The Bertz CT molecular complexity index is 108. The molecule has 7 heavy (non-hydrogen) atoms. The van der Waals surface area contributed by atoms with E-state index in [2.05, 4.69) is 0 Å². The SMILES string of the molecule is Cl.OC1=CC=C[B]1. The third-order valence-corrected chi connectivity index (χ3v) is 0.645. The number of hydrogen-bond acceptors (Lipinski definition) is 1. The van der Waals surface area contributed by atoms with Crippen LogP contribution in [0.3, 0.4) is 0 Å². The van der Waals surface area contributed by atoms with Crippen molar-refractivity contribution in [3.63, 3.8) is 0 Å². The first-order valence-corrected chi connectivity index (χ1v) is 1.80. The van der Waals surface area contributed by atoms with Crippen LogP contribution in [0, 0.1) is 0 Å². The molecule has 0 unspecified atom stereocenters. The van der Waals surface area contributed by atoms with E-state index in [0.29, 0.717) is 5.66 Å². The minimum atomic E-state index is 0. The van der Waals surface area contributed by atoms with Crippen LogP contribution in [0.15, 0.2) is 23.8 Å². The van der Waals surface area contributed by atoms with Crippen molar-refractivity contribution in [3.8, 4) is 0 Å². The first kappa shape index (κ1) is 6.63. The summed E-state index contributed by atoms with van der Waals surface area (Å²) in [5.41, 5.74) is 0.343. The normalized spacial score (nSPS) is 14.6. The summed E-state index contributed by atoms with van der Waals surface area (Å²) < 4.78 is 0. The molecule has 0 bridgehead atoms. The van der Waals surface area contributed by atoms with Gasteiger partial charge in [0.2, 0.25) is 7.28 Å². The fourth-order valence-electron chi connectivity index (χ4n) is 0.364. The zero-order valence-electron chi connectivity index (χ0n) is 3.66. The molecule has 1 rings (SSSR count). The topological polar surface area (TPSA) is 20.2 Å². The van der Waals surface area contributed by atoms with Crippen molar-refractivity contribution < 1.29 is 5.11 Å². The van der Waals surface area contributed by atoms with Crippen LogP contribution < -0.4 is 0 Å². The molecule has 0 atom stereocenters. The van der Waals surface area contributed by atoms with Crippen molar-refractivity contribution >= 4 is 19.7 Å². The van der Waals surface area contributed by atoms with Gasteiger partial charge in [-0.1, -0.05) is 6.08 Å². The first-order valence-electron chi connectivity index (χ1n) is 1.80. The van der Waals surface area contributed by atoms with E-state index in [-0.39, 0.29) is 12.4 Å². The van der Waals surface area contributed by atoms with Crippen LogP contribution in [0.4, 0.5) is 0 Å². The van der Waals surface area contributed by atoms with E-state index in [1.165, 1.54) is 0 Å². The highest BCUT2D eigenvalue weighted by Gasteiger charge is 1.92. The van der Waals surface area contributed by atoms with Crippen LogP contribution in [0.1, 0.15) is 0 Å². The zero-order valence-corrected chi connectivity index (χ0v) is 4.48. The summed E-state index contributed by atoms with van der Waals surface area (Å²) in [6, 6.07) is 0. The first-order chi connectivity index (χ1) is 2.89. The van der Waals surface area contributed by atoms with Crippen LogP contribution in [-0.2, 0) is 0 Å². The van der Waals surface area contributed by atoms with E-state index in [0.717, 1.165) is 0 Å². The van der Waals surface area contributed by atoms with Crippen molar-refractivity contribution in [3.05, 3.63) is 23.8 Å². The smallest absolute Gasteiger partial charge is 0.230 e. The third kappa shape index (κ3) is 1.69. The van der Waals surface area contributed by atoms with Gasteiger partial charge in [-0.25, -0.2) is 0 Å². The fraction of sp³-hybridized carbons (Fsp3) is 0. The summed E-state index contributed by atoms with van der Waals surface area (Å²) in [4.78, 5) is 0. The van der Waals surface area contributed by atoms with Crippen LogP contribution >= 0.6 is 12.4 Å². The van der Waals surface area contributed by atoms with Crippen molar-refractivity contribution in [2.75, 3.05) is 0 Å². The molecular formula is C4H5BClO. The minimum Gasteiger partial charge on any atom is -0.523 e. The quantitative estimate of drug-likeness (QED) is 0.468. The third-order valence-electron chi connectivity index (χ3n) is 0.645. The number of hydrogen-bond donors (Lipinski definition) is 1. The maximum atomic E-state index is 8.47. The number of aliphatic hydroxyl groups excluding tert-OH is 1. The predicted molar refractivity (Wildman–Crippen MR) is 32.9 cm³/mol. The number of halogens is 1. The lowest BCUT2D eigenvalue weighted by Crippen LogP contribution is -1.82. The van der Waals surface area contributed by atoms with Crippen molar-refractivity contribution in [1.29, 1.82) is 0 Å². The molecule has 0 spiro atoms. The average molecular weight is 115 g/mol. The Morgan fingerprint density at radius 1 is 1.57 bits per heavy atom. The molecule has 0 aromatic heterocycles. The van der Waals surface area contributed by atoms with Crippen LogP contribution in [0.5, 0.6) is 0 Å². The van der Waals surface area contributed by atoms with Crippen LogP contribution in [0.25, 0.3) is 0 Å². The van der Waals surface area contributed by atoms with E-state index in [1.807, 2.05) is 0 Å². The number of rotatable bonds is 0. The van der Waals surface area contributed by atoms with E-state index >= 15 is 0 Å². The summed E-state index contributed by atoms with van der Waals surface area (Å²) in [5.74, 6) is 1.79. The van der Waals surface area contributed by atoms with Crippen molar-refractivity contribution in [1.82, 2.24) is 0 Å². The molecule has 1 nitrogen and oxygen atoms in total. The largest absolute Gasteiger partial charge is 0.523 e. The van der Waals surface area contributed by atoms with Gasteiger partial charge in [-0.05, 0) is 6.08 Å². The Morgan fingerprint density at radius 2 is 2.29 bits per heavy atom. The molecule has 3 heteroatoms. The lowest BCUT2D eigenvalue weighted by molar-refractivity contribution is 0.451. The molecule has 0 amide bonds. The van der Waals surface area contributed by atoms with E-state index in [1.54, 1.807) is 25.4 Å². The molecule has 0 fully saturated rings. The number of allylic oxidation sites excluding steroid dienone is 2. The maximum absolute atomic E-state index is 8.47. The summed E-state index contributed by atoms with van der Waals surface area (Å²) >= 11 is 0. The second kappa shape index (κ2) is 2.75. The molecule has 1 heterocycles. The summed E-state index contributed by atoms with van der Waals surface area (Å²) in [7, 11) is 1.64. The lowest BCUT2D eigenvalue weighted by atomic mass is 9.80.